The Bertz CT molecular complexity index is 600. The van der Waals surface area contributed by atoms with Gasteiger partial charge in [-0.15, -0.1) is 11.6 Å². The number of hydrogen-bond acceptors (Lipinski definition) is 0. The molecule has 0 nitrogen and oxygen atoms in total. The van der Waals surface area contributed by atoms with E-state index in [1.807, 2.05) is 26.0 Å². The van der Waals surface area contributed by atoms with Crippen LogP contribution in [0.4, 0.5) is 0 Å². The Labute approximate surface area is 133 Å². The van der Waals surface area contributed by atoms with E-state index in [0.29, 0.717) is 15.1 Å². The van der Waals surface area contributed by atoms with E-state index in [0.717, 1.165) is 22.3 Å². The van der Waals surface area contributed by atoms with Gasteiger partial charge in [-0.1, -0.05) is 40.9 Å². The Balaban J connectivity index is 2.49. The average molecular weight is 334 g/mol. The van der Waals surface area contributed by atoms with E-state index in [1.54, 1.807) is 18.2 Å². The van der Waals surface area contributed by atoms with Crippen LogP contribution in [-0.2, 0) is 0 Å². The van der Waals surface area contributed by atoms with Gasteiger partial charge in [0.25, 0.3) is 0 Å². The van der Waals surface area contributed by atoms with Crippen LogP contribution in [0.25, 0.3) is 0 Å². The summed E-state index contributed by atoms with van der Waals surface area (Å²) < 4.78 is 0. The summed E-state index contributed by atoms with van der Waals surface area (Å²) in [6.07, 6.45) is 0. The summed E-state index contributed by atoms with van der Waals surface area (Å²) in [6, 6.07) is 9.21. The second-order valence-corrected chi connectivity index (χ2v) is 6.24. The Morgan fingerprint density at radius 1 is 0.789 bits per heavy atom. The minimum atomic E-state index is -0.372. The largest absolute Gasteiger partial charge is 0.113 e. The van der Waals surface area contributed by atoms with E-state index in [1.165, 1.54) is 0 Å². The van der Waals surface area contributed by atoms with Crippen LogP contribution < -0.4 is 0 Å². The number of benzene rings is 2. The molecule has 0 aliphatic heterocycles. The van der Waals surface area contributed by atoms with Gasteiger partial charge in [-0.05, 0) is 60.4 Å². The molecular weight excluding hydrogens is 322 g/mol. The van der Waals surface area contributed by atoms with E-state index in [4.69, 9.17) is 46.4 Å². The molecule has 0 heterocycles. The van der Waals surface area contributed by atoms with Gasteiger partial charge in [0.2, 0.25) is 0 Å². The zero-order valence-electron chi connectivity index (χ0n) is 10.5. The lowest BCUT2D eigenvalue weighted by Gasteiger charge is -2.15. The van der Waals surface area contributed by atoms with Crippen molar-refractivity contribution in [2.24, 2.45) is 0 Å². The van der Waals surface area contributed by atoms with E-state index in [9.17, 15) is 0 Å². The van der Waals surface area contributed by atoms with Crippen molar-refractivity contribution in [1.29, 1.82) is 0 Å². The predicted molar refractivity (Wildman–Crippen MR) is 85.1 cm³/mol. The lowest BCUT2D eigenvalue weighted by atomic mass is 10.00. The molecule has 1 atom stereocenters. The average Bonchev–Trinajstić information content (AvgIpc) is 2.31. The smallest absolute Gasteiger partial charge is 0.0850 e. The number of halogens is 4. The maximum atomic E-state index is 6.50. The molecule has 0 aliphatic rings. The van der Waals surface area contributed by atoms with Crippen molar-refractivity contribution in [3.05, 3.63) is 67.7 Å². The maximum absolute atomic E-state index is 6.50. The first-order valence-electron chi connectivity index (χ1n) is 5.75. The molecule has 0 aromatic heterocycles. The summed E-state index contributed by atoms with van der Waals surface area (Å²) in [4.78, 5) is 0. The van der Waals surface area contributed by atoms with Crippen molar-refractivity contribution in [3.63, 3.8) is 0 Å². The Kier molecular flexibility index (Phi) is 4.68. The van der Waals surface area contributed by atoms with Gasteiger partial charge in [-0.3, -0.25) is 0 Å². The zero-order chi connectivity index (χ0) is 14.2. The summed E-state index contributed by atoms with van der Waals surface area (Å²) >= 11 is 24.8. The molecule has 2 rings (SSSR count). The number of hydrogen-bond donors (Lipinski definition) is 0. The SMILES string of the molecule is Cc1cc(Cl)c(C(Cl)c2cc(Cl)cc(Cl)c2)cc1C. The summed E-state index contributed by atoms with van der Waals surface area (Å²) in [5.74, 6) is 0. The van der Waals surface area contributed by atoms with Gasteiger partial charge in [-0.2, -0.15) is 0 Å². The zero-order valence-corrected chi connectivity index (χ0v) is 13.5. The van der Waals surface area contributed by atoms with Crippen LogP contribution in [0.15, 0.2) is 30.3 Å². The molecule has 0 saturated heterocycles. The van der Waals surface area contributed by atoms with Gasteiger partial charge >= 0.3 is 0 Å². The van der Waals surface area contributed by atoms with E-state index in [2.05, 4.69) is 0 Å². The highest BCUT2D eigenvalue weighted by atomic mass is 35.5. The first-order chi connectivity index (χ1) is 8.88. The molecule has 0 N–H and O–H groups in total. The first-order valence-corrected chi connectivity index (χ1v) is 7.32. The normalized spacial score (nSPS) is 12.5. The fraction of sp³-hybridized carbons (Fsp3) is 0.200. The van der Waals surface area contributed by atoms with Gasteiger partial charge in [0.05, 0.1) is 5.38 Å². The molecule has 0 radical (unpaired) electrons. The fourth-order valence-corrected chi connectivity index (χ4v) is 3.13. The third-order valence-corrected chi connectivity index (χ3v) is 4.31. The number of rotatable bonds is 2. The van der Waals surface area contributed by atoms with E-state index < -0.39 is 0 Å². The van der Waals surface area contributed by atoms with Crippen LogP contribution in [0, 0.1) is 13.8 Å². The Hall–Kier alpha value is -0.400. The number of alkyl halides is 1. The lowest BCUT2D eigenvalue weighted by Crippen LogP contribution is -1.97. The highest BCUT2D eigenvalue weighted by Crippen LogP contribution is 2.37. The van der Waals surface area contributed by atoms with E-state index >= 15 is 0 Å². The van der Waals surface area contributed by atoms with Gasteiger partial charge in [0.1, 0.15) is 0 Å². The minimum Gasteiger partial charge on any atom is -0.113 e. The molecule has 0 aliphatic carbocycles. The summed E-state index contributed by atoms with van der Waals surface area (Å²) in [5.41, 5.74) is 3.99. The molecule has 0 amide bonds. The molecule has 2 aromatic rings. The quantitative estimate of drug-likeness (QED) is 0.543. The van der Waals surface area contributed by atoms with Crippen LogP contribution in [0.5, 0.6) is 0 Å². The molecule has 2 aromatic carbocycles. The van der Waals surface area contributed by atoms with Crippen LogP contribution in [0.1, 0.15) is 27.6 Å². The number of aryl methyl sites for hydroxylation is 2. The van der Waals surface area contributed by atoms with Crippen LogP contribution in [0.2, 0.25) is 15.1 Å². The molecular formula is C15H12Cl4. The van der Waals surface area contributed by atoms with Crippen LogP contribution >= 0.6 is 46.4 Å². The van der Waals surface area contributed by atoms with Crippen LogP contribution in [0.3, 0.4) is 0 Å². The van der Waals surface area contributed by atoms with Gasteiger partial charge in [0, 0.05) is 15.1 Å². The topological polar surface area (TPSA) is 0 Å². The van der Waals surface area contributed by atoms with Gasteiger partial charge in [-0.25, -0.2) is 0 Å². The molecule has 100 valence electrons. The summed E-state index contributed by atoms with van der Waals surface area (Å²) in [6.45, 7) is 4.05. The third-order valence-electron chi connectivity index (χ3n) is 3.06. The van der Waals surface area contributed by atoms with E-state index in [-0.39, 0.29) is 5.38 Å². The second kappa shape index (κ2) is 5.93. The predicted octanol–water partition coefficient (Wildman–Crippen LogP) is 6.59. The molecule has 1 unspecified atom stereocenters. The van der Waals surface area contributed by atoms with Gasteiger partial charge < -0.3 is 0 Å². The highest BCUT2D eigenvalue weighted by molar-refractivity contribution is 6.35. The summed E-state index contributed by atoms with van der Waals surface area (Å²) in [7, 11) is 0. The Morgan fingerprint density at radius 2 is 1.32 bits per heavy atom. The van der Waals surface area contributed by atoms with Gasteiger partial charge in [0.15, 0.2) is 0 Å². The van der Waals surface area contributed by atoms with Crippen molar-refractivity contribution in [2.75, 3.05) is 0 Å². The minimum absolute atomic E-state index is 0.372. The molecule has 19 heavy (non-hydrogen) atoms. The van der Waals surface area contributed by atoms with Crippen molar-refractivity contribution in [3.8, 4) is 0 Å². The van der Waals surface area contributed by atoms with Crippen molar-refractivity contribution in [1.82, 2.24) is 0 Å². The molecule has 0 saturated carbocycles. The maximum Gasteiger partial charge on any atom is 0.0850 e. The monoisotopic (exact) mass is 332 g/mol. The van der Waals surface area contributed by atoms with Crippen molar-refractivity contribution < 1.29 is 0 Å². The standard InChI is InChI=1S/C15H12Cl4/c1-8-3-13(14(18)4-9(8)2)15(19)10-5-11(16)7-12(17)6-10/h3-7,15H,1-2H3. The molecule has 4 heteroatoms. The molecule has 0 bridgehead atoms. The molecule has 0 fully saturated rings. The second-order valence-electron chi connectivity index (χ2n) is 4.52. The summed E-state index contributed by atoms with van der Waals surface area (Å²) in [5, 5.41) is 1.41. The van der Waals surface area contributed by atoms with Crippen molar-refractivity contribution in [2.45, 2.75) is 19.2 Å². The third kappa shape index (κ3) is 3.38. The first kappa shape index (κ1) is 15.0. The fourth-order valence-electron chi connectivity index (χ4n) is 1.90. The Morgan fingerprint density at radius 3 is 1.89 bits per heavy atom. The van der Waals surface area contributed by atoms with Crippen LogP contribution in [-0.4, -0.2) is 0 Å². The molecule has 0 spiro atoms. The van der Waals surface area contributed by atoms with Crippen molar-refractivity contribution >= 4 is 46.4 Å². The lowest BCUT2D eigenvalue weighted by molar-refractivity contribution is 1.12. The highest BCUT2D eigenvalue weighted by Gasteiger charge is 2.16.